The first-order valence-corrected chi connectivity index (χ1v) is 7.73. The molecule has 2 rings (SSSR count). The van der Waals surface area contributed by atoms with Gasteiger partial charge >= 0.3 is 0 Å². The number of anilines is 1. The number of ether oxygens (including phenoxy) is 1. The summed E-state index contributed by atoms with van der Waals surface area (Å²) in [4.78, 5) is 1.23. The Hall–Kier alpha value is -1.61. The summed E-state index contributed by atoms with van der Waals surface area (Å²) in [6.45, 7) is 6.98. The van der Waals surface area contributed by atoms with Gasteiger partial charge in [-0.2, -0.15) is 0 Å². The monoisotopic (exact) mass is 287 g/mol. The Kier molecular flexibility index (Phi) is 4.96. The van der Waals surface area contributed by atoms with Crippen LogP contribution in [0.1, 0.15) is 16.7 Å². The van der Waals surface area contributed by atoms with Crippen molar-refractivity contribution in [3.05, 3.63) is 53.1 Å². The number of nitrogens with two attached hydrogens (primary N) is 1. The second-order valence-corrected chi connectivity index (χ2v) is 6.18. The van der Waals surface area contributed by atoms with Crippen molar-refractivity contribution >= 4 is 17.4 Å². The molecule has 0 fully saturated rings. The first-order valence-electron chi connectivity index (χ1n) is 6.74. The van der Waals surface area contributed by atoms with E-state index < -0.39 is 0 Å². The first kappa shape index (κ1) is 14.8. The highest BCUT2D eigenvalue weighted by atomic mass is 32.2. The normalized spacial score (nSPS) is 10.6. The summed E-state index contributed by atoms with van der Waals surface area (Å²) in [6, 6.07) is 12.3. The first-order chi connectivity index (χ1) is 9.54. The van der Waals surface area contributed by atoms with Gasteiger partial charge in [0.25, 0.3) is 0 Å². The van der Waals surface area contributed by atoms with Crippen molar-refractivity contribution in [2.45, 2.75) is 25.7 Å². The van der Waals surface area contributed by atoms with Crippen molar-refractivity contribution in [2.24, 2.45) is 0 Å². The molecule has 3 heteroatoms. The van der Waals surface area contributed by atoms with Crippen LogP contribution in [0.15, 0.2) is 41.3 Å². The lowest BCUT2D eigenvalue weighted by Crippen LogP contribution is -2.01. The fourth-order valence-electron chi connectivity index (χ4n) is 2.10. The van der Waals surface area contributed by atoms with Crippen molar-refractivity contribution in [3.63, 3.8) is 0 Å². The highest BCUT2D eigenvalue weighted by molar-refractivity contribution is 7.99. The number of hydrogen-bond acceptors (Lipinski definition) is 3. The average Bonchev–Trinajstić information content (AvgIpc) is 2.37. The number of nitrogen functional groups attached to an aromatic ring is 1. The lowest BCUT2D eigenvalue weighted by atomic mass is 10.1. The van der Waals surface area contributed by atoms with E-state index in [0.717, 1.165) is 17.2 Å². The largest absolute Gasteiger partial charge is 0.493 e. The number of hydrogen-bond donors (Lipinski definition) is 1. The molecular weight excluding hydrogens is 266 g/mol. The molecule has 0 radical (unpaired) electrons. The third-order valence-electron chi connectivity index (χ3n) is 3.02. The van der Waals surface area contributed by atoms with Crippen LogP contribution >= 0.6 is 11.8 Å². The fraction of sp³-hybridized carbons (Fsp3) is 0.294. The molecule has 0 aliphatic heterocycles. The zero-order valence-corrected chi connectivity index (χ0v) is 13.1. The van der Waals surface area contributed by atoms with Crippen LogP contribution in [-0.4, -0.2) is 12.4 Å². The summed E-state index contributed by atoms with van der Waals surface area (Å²) >= 11 is 1.78. The van der Waals surface area contributed by atoms with Gasteiger partial charge in [-0.1, -0.05) is 12.1 Å². The van der Waals surface area contributed by atoms with Crippen LogP contribution in [0.5, 0.6) is 5.75 Å². The molecule has 0 unspecified atom stereocenters. The van der Waals surface area contributed by atoms with Gasteiger partial charge in [0.05, 0.1) is 6.61 Å². The molecule has 2 nitrogen and oxygen atoms in total. The number of benzene rings is 2. The minimum Gasteiger partial charge on any atom is -0.493 e. The van der Waals surface area contributed by atoms with E-state index in [1.807, 2.05) is 12.1 Å². The third-order valence-corrected chi connectivity index (χ3v) is 4.14. The van der Waals surface area contributed by atoms with Crippen LogP contribution in [0.25, 0.3) is 0 Å². The van der Waals surface area contributed by atoms with Gasteiger partial charge in [-0.3, -0.25) is 0 Å². The van der Waals surface area contributed by atoms with Gasteiger partial charge in [-0.15, -0.1) is 11.8 Å². The average molecular weight is 287 g/mol. The van der Waals surface area contributed by atoms with Crippen molar-refractivity contribution in [2.75, 3.05) is 18.1 Å². The molecule has 0 atom stereocenters. The summed E-state index contributed by atoms with van der Waals surface area (Å²) in [5.74, 6) is 1.87. The standard InChI is InChI=1S/C17H21NOS/c1-12-8-13(2)10-16(9-12)19-6-7-20-17-11-15(18)5-4-14(17)3/h4-5,8-11H,6-7,18H2,1-3H3. The van der Waals surface area contributed by atoms with Crippen LogP contribution in [0.3, 0.4) is 0 Å². The highest BCUT2D eigenvalue weighted by Gasteiger charge is 2.01. The van der Waals surface area contributed by atoms with Gasteiger partial charge in [0.2, 0.25) is 0 Å². The number of rotatable bonds is 5. The summed E-state index contributed by atoms with van der Waals surface area (Å²) in [5, 5.41) is 0. The molecule has 2 aromatic carbocycles. The minimum atomic E-state index is 0.696. The van der Waals surface area contributed by atoms with Gasteiger partial charge in [-0.05, 0) is 61.7 Å². The summed E-state index contributed by atoms with van der Waals surface area (Å²) in [7, 11) is 0. The van der Waals surface area contributed by atoms with E-state index in [9.17, 15) is 0 Å². The van der Waals surface area contributed by atoms with E-state index in [1.165, 1.54) is 21.6 Å². The van der Waals surface area contributed by atoms with Crippen LogP contribution in [-0.2, 0) is 0 Å². The van der Waals surface area contributed by atoms with E-state index in [4.69, 9.17) is 10.5 Å². The molecule has 0 saturated heterocycles. The van der Waals surface area contributed by atoms with E-state index in [-0.39, 0.29) is 0 Å². The Morgan fingerprint density at radius 3 is 2.40 bits per heavy atom. The summed E-state index contributed by atoms with van der Waals surface area (Å²) in [5.41, 5.74) is 10.4. The van der Waals surface area contributed by atoms with Crippen LogP contribution < -0.4 is 10.5 Å². The molecule has 106 valence electrons. The molecule has 0 aliphatic carbocycles. The summed E-state index contributed by atoms with van der Waals surface area (Å²) < 4.78 is 5.81. The molecule has 0 aliphatic rings. The van der Waals surface area contributed by atoms with Crippen LogP contribution in [0.2, 0.25) is 0 Å². The molecule has 0 saturated carbocycles. The van der Waals surface area contributed by atoms with Gasteiger partial charge in [-0.25, -0.2) is 0 Å². The van der Waals surface area contributed by atoms with E-state index >= 15 is 0 Å². The van der Waals surface area contributed by atoms with E-state index in [2.05, 4.69) is 45.0 Å². The topological polar surface area (TPSA) is 35.2 Å². The zero-order chi connectivity index (χ0) is 14.5. The Morgan fingerprint density at radius 1 is 1.00 bits per heavy atom. The maximum Gasteiger partial charge on any atom is 0.119 e. The Labute approximate surface area is 125 Å². The molecule has 2 N–H and O–H groups in total. The quantitative estimate of drug-likeness (QED) is 0.504. The van der Waals surface area contributed by atoms with Crippen molar-refractivity contribution in [3.8, 4) is 5.75 Å². The van der Waals surface area contributed by atoms with E-state index in [1.54, 1.807) is 11.8 Å². The Bertz CT molecular complexity index is 575. The predicted molar refractivity (Wildman–Crippen MR) is 87.7 cm³/mol. The Balaban J connectivity index is 1.86. The molecule has 0 spiro atoms. The maximum atomic E-state index is 5.81. The van der Waals surface area contributed by atoms with Gasteiger partial charge < -0.3 is 10.5 Å². The fourth-order valence-corrected chi connectivity index (χ4v) is 3.00. The lowest BCUT2D eigenvalue weighted by Gasteiger charge is -2.09. The molecule has 0 bridgehead atoms. The van der Waals surface area contributed by atoms with E-state index in [0.29, 0.717) is 6.61 Å². The second kappa shape index (κ2) is 6.71. The number of aryl methyl sites for hydroxylation is 3. The van der Waals surface area contributed by atoms with Crippen LogP contribution in [0, 0.1) is 20.8 Å². The molecular formula is C17H21NOS. The van der Waals surface area contributed by atoms with Gasteiger partial charge in [0, 0.05) is 16.3 Å². The number of thioether (sulfide) groups is 1. The smallest absolute Gasteiger partial charge is 0.119 e. The van der Waals surface area contributed by atoms with Crippen molar-refractivity contribution < 1.29 is 4.74 Å². The predicted octanol–water partition coefficient (Wildman–Crippen LogP) is 4.37. The third kappa shape index (κ3) is 4.20. The molecule has 20 heavy (non-hydrogen) atoms. The molecule has 0 amide bonds. The second-order valence-electron chi connectivity index (χ2n) is 5.05. The zero-order valence-electron chi connectivity index (χ0n) is 12.3. The molecule has 0 heterocycles. The van der Waals surface area contributed by atoms with Crippen molar-refractivity contribution in [1.29, 1.82) is 0 Å². The van der Waals surface area contributed by atoms with Crippen molar-refractivity contribution in [1.82, 2.24) is 0 Å². The lowest BCUT2D eigenvalue weighted by molar-refractivity contribution is 0.343. The molecule has 2 aromatic rings. The van der Waals surface area contributed by atoms with Gasteiger partial charge in [0.15, 0.2) is 0 Å². The summed E-state index contributed by atoms with van der Waals surface area (Å²) in [6.07, 6.45) is 0. The maximum absolute atomic E-state index is 5.81. The minimum absolute atomic E-state index is 0.696. The SMILES string of the molecule is Cc1cc(C)cc(OCCSc2cc(N)ccc2C)c1. The van der Waals surface area contributed by atoms with Gasteiger partial charge in [0.1, 0.15) is 5.75 Å². The highest BCUT2D eigenvalue weighted by Crippen LogP contribution is 2.25. The molecule has 0 aromatic heterocycles. The Morgan fingerprint density at radius 2 is 1.70 bits per heavy atom. The van der Waals surface area contributed by atoms with Crippen LogP contribution in [0.4, 0.5) is 5.69 Å².